The number of aromatic nitrogens is 3. The Labute approximate surface area is 170 Å². The summed E-state index contributed by atoms with van der Waals surface area (Å²) in [5, 5.41) is 1.77. The number of H-pyrrole nitrogens is 1. The fraction of sp³-hybridized carbons (Fsp3) is 0.211. The molecule has 148 valence electrons. The molecule has 8 nitrogen and oxygen atoms in total. The minimum absolute atomic E-state index is 0.161. The summed E-state index contributed by atoms with van der Waals surface area (Å²) in [6.07, 6.45) is 5.11. The number of rotatable bonds is 4. The van der Waals surface area contributed by atoms with Crippen LogP contribution < -0.4 is 0 Å². The molecule has 1 N–H and O–H groups in total. The highest BCUT2D eigenvalue weighted by atomic mass is 32.2. The molecule has 1 fully saturated rings. The Morgan fingerprint density at radius 1 is 1.14 bits per heavy atom. The van der Waals surface area contributed by atoms with E-state index in [4.69, 9.17) is 0 Å². The molecule has 0 aromatic carbocycles. The second-order valence-corrected chi connectivity index (χ2v) is 10.1. The van der Waals surface area contributed by atoms with Gasteiger partial charge < -0.3 is 9.88 Å². The van der Waals surface area contributed by atoms with Crippen LogP contribution in [-0.2, 0) is 21.4 Å². The molecule has 0 atom stereocenters. The van der Waals surface area contributed by atoms with Gasteiger partial charge in [0.2, 0.25) is 5.91 Å². The first-order valence-corrected chi connectivity index (χ1v) is 11.3. The molecule has 5 heterocycles. The number of nitrogens with one attached hydrogen (secondary N) is 1. The highest BCUT2D eigenvalue weighted by Gasteiger charge is 2.34. The lowest BCUT2D eigenvalue weighted by Gasteiger charge is -2.33. The molecule has 10 heteroatoms. The van der Waals surface area contributed by atoms with E-state index in [-0.39, 0.29) is 23.2 Å². The molecule has 0 spiro atoms. The molecule has 1 aliphatic rings. The maximum absolute atomic E-state index is 13.0. The maximum atomic E-state index is 13.0. The van der Waals surface area contributed by atoms with E-state index in [0.29, 0.717) is 17.9 Å². The number of hydrogen-bond acceptors (Lipinski definition) is 6. The second-order valence-electron chi connectivity index (χ2n) is 6.87. The van der Waals surface area contributed by atoms with Gasteiger partial charge in [-0.25, -0.2) is 13.4 Å². The van der Waals surface area contributed by atoms with Gasteiger partial charge in [-0.1, -0.05) is 6.07 Å². The van der Waals surface area contributed by atoms with E-state index in [1.54, 1.807) is 35.6 Å². The zero-order chi connectivity index (χ0) is 20.0. The van der Waals surface area contributed by atoms with Crippen LogP contribution in [0.1, 0.15) is 5.69 Å². The van der Waals surface area contributed by atoms with Crippen LogP contribution in [0.25, 0.3) is 21.1 Å². The van der Waals surface area contributed by atoms with E-state index in [1.807, 2.05) is 18.2 Å². The highest BCUT2D eigenvalue weighted by Crippen LogP contribution is 2.30. The molecule has 0 radical (unpaired) electrons. The number of pyridine rings is 2. The van der Waals surface area contributed by atoms with E-state index in [9.17, 15) is 13.2 Å². The van der Waals surface area contributed by atoms with Gasteiger partial charge in [-0.05, 0) is 24.3 Å². The van der Waals surface area contributed by atoms with E-state index >= 15 is 0 Å². The lowest BCUT2D eigenvalue weighted by atomic mass is 10.3. The number of carbonyl (C=O) groups excluding carboxylic acids is 1. The Hall–Kier alpha value is -2.82. The number of nitrogens with zero attached hydrogens (tertiary/aromatic N) is 4. The van der Waals surface area contributed by atoms with Gasteiger partial charge in [-0.15, -0.1) is 11.3 Å². The molecule has 5 rings (SSSR count). The third kappa shape index (κ3) is 3.28. The Kier molecular flexibility index (Phi) is 4.34. The van der Waals surface area contributed by atoms with Crippen LogP contribution >= 0.6 is 11.3 Å². The van der Waals surface area contributed by atoms with Crippen LogP contribution in [-0.4, -0.2) is 58.1 Å². The number of piperazine rings is 1. The minimum Gasteiger partial charge on any atom is -0.357 e. The summed E-state index contributed by atoms with van der Waals surface area (Å²) in [5.74, 6) is -0.212. The van der Waals surface area contributed by atoms with Gasteiger partial charge in [0.15, 0.2) is 0 Å². The Balaban J connectivity index is 1.33. The first-order chi connectivity index (χ1) is 14.0. The Bertz CT molecular complexity index is 1260. The van der Waals surface area contributed by atoms with Crippen molar-refractivity contribution < 1.29 is 13.2 Å². The van der Waals surface area contributed by atoms with Crippen LogP contribution in [0.2, 0.25) is 0 Å². The summed E-state index contributed by atoms with van der Waals surface area (Å²) in [7, 11) is -3.73. The molecule has 0 aliphatic carbocycles. The lowest BCUT2D eigenvalue weighted by molar-refractivity contribution is -0.134. The number of carbonyl (C=O) groups is 1. The smallest absolute Gasteiger partial charge is 0.253 e. The van der Waals surface area contributed by atoms with Crippen LogP contribution in [0.4, 0.5) is 0 Å². The highest BCUT2D eigenvalue weighted by molar-refractivity contribution is 7.91. The number of sulfonamides is 1. The summed E-state index contributed by atoms with van der Waals surface area (Å²) < 4.78 is 27.5. The van der Waals surface area contributed by atoms with E-state index in [0.717, 1.165) is 33.3 Å². The minimum atomic E-state index is -3.73. The SMILES string of the molecule is O=C1CN(S(=O)(=O)c2cc3cccnc3s2)CCN1Cc1cc2cnccc2[nH]1. The number of thiophene rings is 1. The molecule has 29 heavy (non-hydrogen) atoms. The lowest BCUT2D eigenvalue weighted by Crippen LogP contribution is -2.51. The standard InChI is InChI=1S/C19H17N5O3S2/c25-17-12-24(29(26,27)18-9-13-2-1-4-21-19(13)28-18)7-6-23(17)11-15-8-14-10-20-5-3-16(14)22-15/h1-5,8-10,22H,6-7,11-12H2. The molecule has 1 saturated heterocycles. The zero-order valence-corrected chi connectivity index (χ0v) is 16.9. The van der Waals surface area contributed by atoms with Gasteiger partial charge in [0, 0.05) is 53.7 Å². The van der Waals surface area contributed by atoms with E-state index in [1.165, 1.54) is 4.31 Å². The largest absolute Gasteiger partial charge is 0.357 e. The van der Waals surface area contributed by atoms with E-state index in [2.05, 4.69) is 15.0 Å². The second kappa shape index (κ2) is 6.90. The maximum Gasteiger partial charge on any atom is 0.253 e. The van der Waals surface area contributed by atoms with Gasteiger partial charge in [0.25, 0.3) is 10.0 Å². The fourth-order valence-corrected chi connectivity index (χ4v) is 6.33. The Morgan fingerprint density at radius 3 is 2.83 bits per heavy atom. The predicted octanol–water partition coefficient (Wildman–Crippen LogP) is 2.21. The average molecular weight is 428 g/mol. The molecule has 4 aromatic heterocycles. The van der Waals surface area contributed by atoms with Crippen LogP contribution in [0, 0.1) is 0 Å². The van der Waals surface area contributed by atoms with Crippen LogP contribution in [0.5, 0.6) is 0 Å². The summed E-state index contributed by atoms with van der Waals surface area (Å²) >= 11 is 1.13. The van der Waals surface area contributed by atoms with Crippen LogP contribution in [0.15, 0.2) is 53.1 Å². The molecule has 0 unspecified atom stereocenters. The topological polar surface area (TPSA) is 99.3 Å². The number of fused-ring (bicyclic) bond motifs is 2. The van der Waals surface area contributed by atoms with Gasteiger partial charge >= 0.3 is 0 Å². The monoisotopic (exact) mass is 427 g/mol. The van der Waals surface area contributed by atoms with Gasteiger partial charge in [0.05, 0.1) is 13.1 Å². The Morgan fingerprint density at radius 2 is 2.03 bits per heavy atom. The molecule has 1 amide bonds. The third-order valence-corrected chi connectivity index (χ3v) is 8.34. The number of amides is 1. The van der Waals surface area contributed by atoms with Crippen molar-refractivity contribution in [2.24, 2.45) is 0 Å². The van der Waals surface area contributed by atoms with Gasteiger partial charge in [0.1, 0.15) is 9.04 Å². The number of hydrogen-bond donors (Lipinski definition) is 1. The van der Waals surface area contributed by atoms with Gasteiger partial charge in [-0.3, -0.25) is 9.78 Å². The van der Waals surface area contributed by atoms with Crippen molar-refractivity contribution in [2.75, 3.05) is 19.6 Å². The average Bonchev–Trinajstić information content (AvgIpc) is 3.33. The molecule has 1 aliphatic heterocycles. The summed E-state index contributed by atoms with van der Waals surface area (Å²) in [5.41, 5.74) is 1.86. The molecule has 0 bridgehead atoms. The third-order valence-electron chi connectivity index (χ3n) is 4.99. The molecule has 0 saturated carbocycles. The van der Waals surface area contributed by atoms with Crippen molar-refractivity contribution in [3.63, 3.8) is 0 Å². The van der Waals surface area contributed by atoms with Crippen molar-refractivity contribution >= 4 is 48.4 Å². The summed E-state index contributed by atoms with van der Waals surface area (Å²) in [4.78, 5) is 26.6. The van der Waals surface area contributed by atoms with Crippen molar-refractivity contribution in [3.8, 4) is 0 Å². The predicted molar refractivity (Wildman–Crippen MR) is 110 cm³/mol. The van der Waals surface area contributed by atoms with Gasteiger partial charge in [-0.2, -0.15) is 4.31 Å². The van der Waals surface area contributed by atoms with Crippen molar-refractivity contribution in [3.05, 3.63) is 54.6 Å². The molecular weight excluding hydrogens is 410 g/mol. The van der Waals surface area contributed by atoms with Crippen molar-refractivity contribution in [2.45, 2.75) is 10.8 Å². The number of aromatic amines is 1. The van der Waals surface area contributed by atoms with Crippen molar-refractivity contribution in [1.29, 1.82) is 0 Å². The van der Waals surface area contributed by atoms with E-state index < -0.39 is 10.0 Å². The summed E-state index contributed by atoms with van der Waals surface area (Å²) in [6, 6.07) is 9.07. The summed E-state index contributed by atoms with van der Waals surface area (Å²) in [6.45, 7) is 0.854. The molecule has 4 aromatic rings. The fourth-order valence-electron chi connectivity index (χ4n) is 3.49. The first kappa shape index (κ1) is 18.2. The normalized spacial score (nSPS) is 16.1. The van der Waals surface area contributed by atoms with Crippen molar-refractivity contribution in [1.82, 2.24) is 24.2 Å². The molecular formula is C19H17N5O3S2. The quantitative estimate of drug-likeness (QED) is 0.538. The van der Waals surface area contributed by atoms with Crippen LogP contribution in [0.3, 0.4) is 0 Å². The first-order valence-electron chi connectivity index (χ1n) is 9.05. The zero-order valence-electron chi connectivity index (χ0n) is 15.3.